The summed E-state index contributed by atoms with van der Waals surface area (Å²) in [4.78, 5) is 27.5. The molecule has 3 heterocycles. The number of aromatic amines is 1. The Morgan fingerprint density at radius 3 is 2.75 bits per heavy atom. The van der Waals surface area contributed by atoms with E-state index in [2.05, 4.69) is 15.6 Å². The van der Waals surface area contributed by atoms with Crippen molar-refractivity contribution in [2.24, 2.45) is 11.6 Å². The molecule has 2 aliphatic heterocycles. The Morgan fingerprint density at radius 2 is 1.94 bits per heavy atom. The van der Waals surface area contributed by atoms with Crippen molar-refractivity contribution >= 4 is 22.7 Å². The zero-order chi connectivity index (χ0) is 34.0. The molecule has 0 fully saturated rings. The third-order valence-electron chi connectivity index (χ3n) is 9.11. The van der Waals surface area contributed by atoms with Gasteiger partial charge in [0.25, 0.3) is 0 Å². The predicted octanol–water partition coefficient (Wildman–Crippen LogP) is 5.87. The van der Waals surface area contributed by atoms with Crippen molar-refractivity contribution in [3.8, 4) is 11.5 Å². The average molecular weight is 657 g/mol. The minimum atomic E-state index is -0.889. The number of hydrogen-bond acceptors (Lipinski definition) is 8. The summed E-state index contributed by atoms with van der Waals surface area (Å²) in [7, 11) is 0. The number of halogens is 2. The third-order valence-corrected chi connectivity index (χ3v) is 9.11. The molecule has 0 saturated heterocycles. The van der Waals surface area contributed by atoms with Gasteiger partial charge in [-0.2, -0.15) is 0 Å². The number of allylic oxidation sites excluding steroid dienone is 2. The molecular formula is C36H38F2N6O4. The lowest BCUT2D eigenvalue weighted by Crippen LogP contribution is -2.34. The number of ketones is 1. The number of aromatic nitrogens is 1. The van der Waals surface area contributed by atoms with E-state index in [1.807, 2.05) is 31.2 Å². The Kier molecular flexibility index (Phi) is 9.09. The quantitative estimate of drug-likeness (QED) is 0.148. The van der Waals surface area contributed by atoms with Crippen molar-refractivity contribution in [3.05, 3.63) is 118 Å². The molecule has 0 saturated carbocycles. The molecule has 2 aliphatic rings. The molecule has 10 nitrogen and oxygen atoms in total. The Hall–Kier alpha value is -5.36. The Labute approximate surface area is 276 Å². The number of hydrazine groups is 1. The molecule has 0 amide bonds. The van der Waals surface area contributed by atoms with Crippen LogP contribution in [-0.2, 0) is 28.0 Å². The predicted molar refractivity (Wildman–Crippen MR) is 177 cm³/mol. The first-order valence-corrected chi connectivity index (χ1v) is 15.8. The van der Waals surface area contributed by atoms with E-state index in [0.717, 1.165) is 16.8 Å². The lowest BCUT2D eigenvalue weighted by atomic mass is 9.74. The van der Waals surface area contributed by atoms with Crippen LogP contribution in [0.3, 0.4) is 0 Å². The Morgan fingerprint density at radius 1 is 1.10 bits per heavy atom. The number of carbonyl (C=O) groups is 2. The monoisotopic (exact) mass is 656 g/mol. The first-order chi connectivity index (χ1) is 23.0. The minimum absolute atomic E-state index is 0.00204. The summed E-state index contributed by atoms with van der Waals surface area (Å²) in [6, 6.07) is 15.0. The number of hydrogen-bond donors (Lipinski definition) is 6. The van der Waals surface area contributed by atoms with Crippen LogP contribution in [0, 0.1) is 11.6 Å². The number of Topliss-reactive ketones (excluding diaryl/α,β-unsaturated/α-hetero) is 1. The van der Waals surface area contributed by atoms with Crippen LogP contribution in [-0.4, -0.2) is 26.9 Å². The fraction of sp³-hybridized carbons (Fsp3) is 0.278. The molecule has 0 spiro atoms. The van der Waals surface area contributed by atoms with Gasteiger partial charge in [-0.3, -0.25) is 9.59 Å². The van der Waals surface area contributed by atoms with Crippen molar-refractivity contribution in [1.82, 2.24) is 20.6 Å². The van der Waals surface area contributed by atoms with Crippen LogP contribution < -0.4 is 26.9 Å². The molecule has 4 aromatic rings. The number of aliphatic carboxylic acids is 1. The molecule has 48 heavy (non-hydrogen) atoms. The lowest BCUT2D eigenvalue weighted by Gasteiger charge is -2.33. The van der Waals surface area contributed by atoms with E-state index in [1.165, 1.54) is 35.5 Å². The van der Waals surface area contributed by atoms with Gasteiger partial charge in [0, 0.05) is 82.8 Å². The molecule has 8 N–H and O–H groups in total. The summed E-state index contributed by atoms with van der Waals surface area (Å²) in [5.41, 5.74) is 9.65. The van der Waals surface area contributed by atoms with E-state index in [1.54, 1.807) is 18.5 Å². The van der Waals surface area contributed by atoms with Gasteiger partial charge in [0.05, 0.1) is 6.54 Å². The minimum Gasteiger partial charge on any atom is -0.481 e. The van der Waals surface area contributed by atoms with Gasteiger partial charge in [-0.25, -0.2) is 14.6 Å². The first-order valence-electron chi connectivity index (χ1n) is 15.8. The number of benzene rings is 3. The molecule has 6 rings (SSSR count). The van der Waals surface area contributed by atoms with Crippen LogP contribution >= 0.6 is 0 Å². The van der Waals surface area contributed by atoms with E-state index in [9.17, 15) is 14.7 Å². The smallest absolute Gasteiger partial charge is 0.303 e. The second kappa shape index (κ2) is 13.4. The van der Waals surface area contributed by atoms with Gasteiger partial charge >= 0.3 is 5.97 Å². The first kappa shape index (κ1) is 32.6. The molecule has 2 unspecified atom stereocenters. The number of aryl methyl sites for hydroxylation is 1. The second-order valence-corrected chi connectivity index (χ2v) is 12.5. The summed E-state index contributed by atoms with van der Waals surface area (Å²) < 4.78 is 37.2. The topological polar surface area (TPSA) is 159 Å². The highest BCUT2D eigenvalue weighted by molar-refractivity contribution is 5.85. The molecule has 0 radical (unpaired) electrons. The van der Waals surface area contributed by atoms with E-state index < -0.39 is 29.2 Å². The van der Waals surface area contributed by atoms with E-state index in [0.29, 0.717) is 35.0 Å². The SMILES string of the molecule is CC1(c2cccc(CCC(=O)O)c2)CCC(=O)CC/C(N)=C/N(N)Cc2c(c(F)cc3[nH]ccc23)Oc2ccc(F)c(c2)C2NC=C1N2. The van der Waals surface area contributed by atoms with Gasteiger partial charge in [-0.05, 0) is 61.6 Å². The number of ether oxygens (including phenoxy) is 1. The van der Waals surface area contributed by atoms with Crippen LogP contribution in [0.1, 0.15) is 67.4 Å². The molecule has 0 aliphatic carbocycles. The van der Waals surface area contributed by atoms with Crippen molar-refractivity contribution in [3.63, 3.8) is 0 Å². The van der Waals surface area contributed by atoms with Crippen molar-refractivity contribution in [2.45, 2.75) is 63.6 Å². The fourth-order valence-electron chi connectivity index (χ4n) is 6.37. The van der Waals surface area contributed by atoms with Gasteiger partial charge in [-0.15, -0.1) is 0 Å². The number of carboxylic acid groups (broad SMARTS) is 1. The number of carbonyl (C=O) groups excluding carboxylic acids is 1. The average Bonchev–Trinajstić information content (AvgIpc) is 3.74. The number of H-pyrrole nitrogens is 1. The van der Waals surface area contributed by atoms with Gasteiger partial charge in [-0.1, -0.05) is 24.3 Å². The van der Waals surface area contributed by atoms with Crippen LogP contribution in [0.5, 0.6) is 11.5 Å². The normalized spacial score (nSPS) is 21.4. The van der Waals surface area contributed by atoms with E-state index >= 15 is 8.78 Å². The number of nitrogens with two attached hydrogens (primary N) is 2. The van der Waals surface area contributed by atoms with Gasteiger partial charge in [0.15, 0.2) is 11.6 Å². The highest BCUT2D eigenvalue weighted by atomic mass is 19.1. The summed E-state index contributed by atoms with van der Waals surface area (Å²) in [5, 5.41) is 17.9. The maximum absolute atomic E-state index is 15.6. The molecule has 250 valence electrons. The number of carboxylic acids is 1. The molecule has 4 bridgehead atoms. The zero-order valence-corrected chi connectivity index (χ0v) is 26.5. The standard InChI is InChI=1S/C36H38F2N6O4/c1-36(22-4-2-3-21(15-22)5-10-33(46)47)13-11-24(45)7-6-23(39)19-44(40)20-28-26-12-14-41-31(26)17-30(38)34(28)48-25-8-9-29(37)27(16-25)35-42-18-32(36)43-35/h2-4,8-9,12,14-19,35,41-43H,5-7,10-11,13,20,39-40H2,1H3,(H,46,47)/b23-19-. The molecule has 3 aromatic carbocycles. The largest absolute Gasteiger partial charge is 0.481 e. The van der Waals surface area contributed by atoms with Crippen LogP contribution in [0.15, 0.2) is 84.6 Å². The van der Waals surface area contributed by atoms with E-state index in [-0.39, 0.29) is 55.1 Å². The number of nitrogens with one attached hydrogen (secondary N) is 3. The molecule has 1 aromatic heterocycles. The Balaban J connectivity index is 1.40. The molecule has 2 atom stereocenters. The summed E-state index contributed by atoms with van der Waals surface area (Å²) in [5.74, 6) is 4.46. The lowest BCUT2D eigenvalue weighted by molar-refractivity contribution is -0.137. The molecular weight excluding hydrogens is 618 g/mol. The number of nitrogens with zero attached hydrogens (tertiary/aromatic N) is 1. The summed E-state index contributed by atoms with van der Waals surface area (Å²) in [6.07, 6.45) is 5.74. The van der Waals surface area contributed by atoms with Crippen molar-refractivity contribution in [1.29, 1.82) is 0 Å². The van der Waals surface area contributed by atoms with Crippen LogP contribution in [0.2, 0.25) is 0 Å². The number of rotatable bonds is 4. The maximum atomic E-state index is 15.6. The maximum Gasteiger partial charge on any atom is 0.303 e. The highest BCUT2D eigenvalue weighted by Crippen LogP contribution is 2.40. The van der Waals surface area contributed by atoms with E-state index in [4.69, 9.17) is 16.3 Å². The van der Waals surface area contributed by atoms with Crippen LogP contribution in [0.4, 0.5) is 8.78 Å². The zero-order valence-electron chi connectivity index (χ0n) is 26.5. The van der Waals surface area contributed by atoms with Crippen molar-refractivity contribution in [2.75, 3.05) is 0 Å². The van der Waals surface area contributed by atoms with Crippen molar-refractivity contribution < 1.29 is 28.2 Å². The van der Waals surface area contributed by atoms with Gasteiger partial charge < -0.3 is 36.2 Å². The summed E-state index contributed by atoms with van der Waals surface area (Å²) >= 11 is 0. The second-order valence-electron chi connectivity index (χ2n) is 12.5. The number of fused-ring (bicyclic) bond motifs is 8. The van der Waals surface area contributed by atoms with Gasteiger partial charge in [0.2, 0.25) is 0 Å². The van der Waals surface area contributed by atoms with Crippen LogP contribution in [0.25, 0.3) is 10.9 Å². The van der Waals surface area contributed by atoms with Gasteiger partial charge in [0.1, 0.15) is 23.5 Å². The Bertz CT molecular complexity index is 1940. The third kappa shape index (κ3) is 6.84. The highest BCUT2D eigenvalue weighted by Gasteiger charge is 2.36. The molecule has 12 heteroatoms. The summed E-state index contributed by atoms with van der Waals surface area (Å²) in [6.45, 7) is 2.03. The fourth-order valence-corrected chi connectivity index (χ4v) is 6.37.